The van der Waals surface area contributed by atoms with E-state index in [2.05, 4.69) is 10.3 Å². The van der Waals surface area contributed by atoms with Gasteiger partial charge in [0.1, 0.15) is 17.2 Å². The molecule has 0 radical (unpaired) electrons. The van der Waals surface area contributed by atoms with Crippen LogP contribution >= 0.6 is 11.6 Å². The van der Waals surface area contributed by atoms with Crippen LogP contribution in [0.1, 0.15) is 33.4 Å². The maximum absolute atomic E-state index is 15.1. The van der Waals surface area contributed by atoms with Gasteiger partial charge in [-0.05, 0) is 56.7 Å². The van der Waals surface area contributed by atoms with Gasteiger partial charge >= 0.3 is 12.1 Å². The van der Waals surface area contributed by atoms with Crippen molar-refractivity contribution in [1.29, 1.82) is 0 Å². The number of benzene rings is 2. The van der Waals surface area contributed by atoms with E-state index in [1.165, 1.54) is 25.3 Å². The Morgan fingerprint density at radius 1 is 1.00 bits per heavy atom. The van der Waals surface area contributed by atoms with E-state index in [0.717, 1.165) is 0 Å². The molecule has 3 heterocycles. The Bertz CT molecular complexity index is 1670. The second-order valence-corrected chi connectivity index (χ2v) is 12.8. The SMILES string of the molecule is CC(=O)NCc1ncc(-c2cc(F)cc(-c3ccc(N4CCN(C)C4=O)c(Cl)c3)c2O)cc1N1CCN(C(=O)OC(C)(C)C)CC1. The van der Waals surface area contributed by atoms with Crippen LogP contribution in [0.5, 0.6) is 5.75 Å². The smallest absolute Gasteiger partial charge is 0.410 e. The van der Waals surface area contributed by atoms with Gasteiger partial charge in [-0.3, -0.25) is 14.7 Å². The molecule has 2 aliphatic heterocycles. The molecule has 2 aromatic carbocycles. The number of pyridine rings is 1. The first kappa shape index (κ1) is 32.8. The second kappa shape index (κ2) is 13.0. The highest BCUT2D eigenvalue weighted by Crippen LogP contribution is 2.42. The zero-order valence-electron chi connectivity index (χ0n) is 26.6. The fourth-order valence-corrected chi connectivity index (χ4v) is 5.79. The van der Waals surface area contributed by atoms with Crippen LogP contribution in [-0.2, 0) is 16.1 Å². The Balaban J connectivity index is 1.46. The number of anilines is 2. The number of nitrogens with zero attached hydrogens (tertiary/aromatic N) is 5. The van der Waals surface area contributed by atoms with Crippen molar-refractivity contribution in [2.24, 2.45) is 0 Å². The fourth-order valence-electron chi connectivity index (χ4n) is 5.51. The summed E-state index contributed by atoms with van der Waals surface area (Å²) in [6.07, 6.45) is 1.14. The summed E-state index contributed by atoms with van der Waals surface area (Å²) in [7, 11) is 1.72. The van der Waals surface area contributed by atoms with Crippen molar-refractivity contribution in [3.05, 3.63) is 59.1 Å². The first-order valence-electron chi connectivity index (χ1n) is 15.0. The van der Waals surface area contributed by atoms with Gasteiger partial charge in [0.15, 0.2) is 0 Å². The van der Waals surface area contributed by atoms with Gasteiger partial charge in [-0.15, -0.1) is 0 Å². The number of aromatic hydroxyl groups is 1. The average Bonchev–Trinajstić information content (AvgIpc) is 3.33. The third kappa shape index (κ3) is 7.12. The predicted octanol–water partition coefficient (Wildman–Crippen LogP) is 5.48. The number of phenolic OH excluding ortho intramolecular Hbond substituents is 1. The molecule has 2 N–H and O–H groups in total. The molecule has 3 aromatic rings. The molecular weight excluding hydrogens is 615 g/mol. The first-order valence-corrected chi connectivity index (χ1v) is 15.4. The van der Waals surface area contributed by atoms with Crippen LogP contribution < -0.4 is 15.1 Å². The van der Waals surface area contributed by atoms with Crippen LogP contribution in [0.2, 0.25) is 5.02 Å². The van der Waals surface area contributed by atoms with Crippen molar-refractivity contribution < 1.29 is 28.6 Å². The number of phenols is 1. The van der Waals surface area contributed by atoms with E-state index in [9.17, 15) is 19.5 Å². The van der Waals surface area contributed by atoms with E-state index in [4.69, 9.17) is 16.3 Å². The largest absolute Gasteiger partial charge is 0.507 e. The van der Waals surface area contributed by atoms with Gasteiger partial charge in [0.2, 0.25) is 5.91 Å². The standard InChI is InChI=1S/C33H38ClFN6O5/c1-20(42)36-19-27-29(39-9-11-40(12-10-39)32(45)46-33(2,3)4)15-22(18-37-27)25-17-23(35)16-24(30(25)43)21-6-7-28(26(34)14-21)41-13-8-38(5)31(41)44/h6-7,14-18,43H,8-13,19H2,1-5H3,(H,36,42). The minimum Gasteiger partial charge on any atom is -0.507 e. The van der Waals surface area contributed by atoms with Gasteiger partial charge in [-0.2, -0.15) is 0 Å². The normalized spacial score (nSPS) is 15.4. The van der Waals surface area contributed by atoms with Crippen molar-refractivity contribution in [1.82, 2.24) is 20.1 Å². The number of rotatable bonds is 6. The number of hydrogen-bond donors (Lipinski definition) is 2. The number of nitrogens with one attached hydrogen (secondary N) is 1. The van der Waals surface area contributed by atoms with Crippen LogP contribution in [0.3, 0.4) is 0 Å². The maximum atomic E-state index is 15.1. The van der Waals surface area contributed by atoms with Gasteiger partial charge < -0.3 is 29.9 Å². The van der Waals surface area contributed by atoms with Crippen molar-refractivity contribution >= 4 is 41.0 Å². The lowest BCUT2D eigenvalue weighted by molar-refractivity contribution is -0.119. The van der Waals surface area contributed by atoms with E-state index >= 15 is 4.39 Å². The lowest BCUT2D eigenvalue weighted by Crippen LogP contribution is -2.50. The van der Waals surface area contributed by atoms with Gasteiger partial charge in [0.05, 0.1) is 28.6 Å². The summed E-state index contributed by atoms with van der Waals surface area (Å²) in [5.74, 6) is -0.960. The summed E-state index contributed by atoms with van der Waals surface area (Å²) >= 11 is 6.59. The van der Waals surface area contributed by atoms with Crippen molar-refractivity contribution in [3.8, 4) is 28.0 Å². The van der Waals surface area contributed by atoms with E-state index in [-0.39, 0.29) is 41.5 Å². The van der Waals surface area contributed by atoms with Crippen molar-refractivity contribution in [3.63, 3.8) is 0 Å². The Labute approximate surface area is 272 Å². The monoisotopic (exact) mass is 652 g/mol. The van der Waals surface area contributed by atoms with Crippen LogP contribution in [0.15, 0.2) is 42.6 Å². The lowest BCUT2D eigenvalue weighted by Gasteiger charge is -2.37. The molecule has 2 fully saturated rings. The number of hydrogen-bond acceptors (Lipinski definition) is 7. The van der Waals surface area contributed by atoms with Gasteiger partial charge in [-0.25, -0.2) is 14.0 Å². The number of aromatic nitrogens is 1. The van der Waals surface area contributed by atoms with Crippen LogP contribution in [0.4, 0.5) is 25.4 Å². The minimum atomic E-state index is -0.610. The molecule has 11 nitrogen and oxygen atoms in total. The highest BCUT2D eigenvalue weighted by Gasteiger charge is 2.29. The topological polar surface area (TPSA) is 119 Å². The van der Waals surface area contributed by atoms with Crippen LogP contribution in [-0.4, -0.2) is 89.8 Å². The average molecular weight is 653 g/mol. The molecule has 0 saturated carbocycles. The first-order chi connectivity index (χ1) is 21.7. The number of amides is 4. The van der Waals surface area contributed by atoms with E-state index in [0.29, 0.717) is 72.5 Å². The third-order valence-electron chi connectivity index (χ3n) is 7.88. The second-order valence-electron chi connectivity index (χ2n) is 12.4. The van der Waals surface area contributed by atoms with Gasteiger partial charge in [0, 0.05) is 76.1 Å². The summed E-state index contributed by atoms with van der Waals surface area (Å²) in [5, 5.41) is 14.5. The number of likely N-dealkylation sites (N-methyl/N-ethyl adjacent to an activating group) is 1. The third-order valence-corrected chi connectivity index (χ3v) is 8.18. The number of ether oxygens (including phenoxy) is 1. The molecule has 46 heavy (non-hydrogen) atoms. The van der Waals surface area contributed by atoms with Crippen LogP contribution in [0.25, 0.3) is 22.3 Å². The fraction of sp³-hybridized carbons (Fsp3) is 0.394. The molecule has 13 heteroatoms. The highest BCUT2D eigenvalue weighted by atomic mass is 35.5. The summed E-state index contributed by atoms with van der Waals surface area (Å²) < 4.78 is 20.7. The molecule has 244 valence electrons. The molecule has 5 rings (SSSR count). The van der Waals surface area contributed by atoms with E-state index < -0.39 is 11.4 Å². The Morgan fingerprint density at radius 2 is 1.67 bits per heavy atom. The summed E-state index contributed by atoms with van der Waals surface area (Å²) in [5.41, 5.74) is 2.58. The molecule has 0 aliphatic carbocycles. The zero-order valence-corrected chi connectivity index (χ0v) is 27.3. The Hall–Kier alpha value is -4.58. The molecule has 2 aliphatic rings. The summed E-state index contributed by atoms with van der Waals surface area (Å²) in [6.45, 7) is 9.86. The number of piperazine rings is 1. The molecule has 0 spiro atoms. The summed E-state index contributed by atoms with van der Waals surface area (Å²) in [6, 6.07) is 9.09. The number of urea groups is 1. The predicted molar refractivity (Wildman–Crippen MR) is 175 cm³/mol. The molecule has 0 unspecified atom stereocenters. The van der Waals surface area contributed by atoms with E-state index in [1.807, 2.05) is 25.7 Å². The Morgan fingerprint density at radius 3 is 2.26 bits per heavy atom. The maximum Gasteiger partial charge on any atom is 0.410 e. The lowest BCUT2D eigenvalue weighted by atomic mass is 9.97. The number of carbonyl (C=O) groups is 3. The molecule has 0 bridgehead atoms. The highest BCUT2D eigenvalue weighted by molar-refractivity contribution is 6.34. The number of carbonyl (C=O) groups excluding carboxylic acids is 3. The minimum absolute atomic E-state index is 0.164. The van der Waals surface area contributed by atoms with Gasteiger partial charge in [-0.1, -0.05) is 17.7 Å². The van der Waals surface area contributed by atoms with Crippen LogP contribution in [0, 0.1) is 5.82 Å². The molecule has 1 aromatic heterocycles. The molecule has 0 atom stereocenters. The molecule has 2 saturated heterocycles. The number of halogens is 2. The quantitative estimate of drug-likeness (QED) is 0.362. The summed E-state index contributed by atoms with van der Waals surface area (Å²) in [4.78, 5) is 48.3. The van der Waals surface area contributed by atoms with Crippen molar-refractivity contribution in [2.45, 2.75) is 39.8 Å². The molecular formula is C33H38ClFN6O5. The zero-order chi connectivity index (χ0) is 33.3. The van der Waals surface area contributed by atoms with E-state index in [1.54, 1.807) is 46.0 Å². The Kier molecular flexibility index (Phi) is 9.29. The van der Waals surface area contributed by atoms with Crippen molar-refractivity contribution in [2.75, 3.05) is 56.1 Å². The molecule has 4 amide bonds. The van der Waals surface area contributed by atoms with Gasteiger partial charge in [0.25, 0.3) is 0 Å².